The molecule has 1 aromatic heterocycles. The Morgan fingerprint density at radius 2 is 2.26 bits per heavy atom. The minimum absolute atomic E-state index is 0.0870. The lowest BCUT2D eigenvalue weighted by Gasteiger charge is -2.34. The van der Waals surface area contributed by atoms with Crippen molar-refractivity contribution in [3.05, 3.63) is 48.0 Å². The van der Waals surface area contributed by atoms with E-state index in [0.29, 0.717) is 12.8 Å². The van der Waals surface area contributed by atoms with Crippen LogP contribution in [0.25, 0.3) is 0 Å². The Hall–Kier alpha value is -2.30. The zero-order chi connectivity index (χ0) is 16.1. The standard InChI is InChI=1S/C18H23N3O2/c1-23-16-8-3-2-6-14(16)9-10-17(22)21-13-5-4-7-15(21)18-19-11-12-20-18/h2-3,6,8,11-12,15H,4-5,7,9-10,13H2,1H3,(H,19,20)/t15-/m0/s1. The monoisotopic (exact) mass is 313 g/mol. The Morgan fingerprint density at radius 1 is 1.39 bits per heavy atom. The smallest absolute Gasteiger partial charge is 0.223 e. The van der Waals surface area contributed by atoms with Crippen LogP contribution in [0.1, 0.15) is 43.1 Å². The highest BCUT2D eigenvalue weighted by Crippen LogP contribution is 2.29. The summed E-state index contributed by atoms with van der Waals surface area (Å²) in [5, 5.41) is 0. The van der Waals surface area contributed by atoms with Crippen LogP contribution in [0.15, 0.2) is 36.7 Å². The molecule has 0 aliphatic carbocycles. The van der Waals surface area contributed by atoms with Crippen LogP contribution in [0.4, 0.5) is 0 Å². The molecule has 5 nitrogen and oxygen atoms in total. The lowest BCUT2D eigenvalue weighted by atomic mass is 10.00. The second kappa shape index (κ2) is 7.31. The fourth-order valence-electron chi connectivity index (χ4n) is 3.27. The number of amides is 1. The summed E-state index contributed by atoms with van der Waals surface area (Å²) in [5.41, 5.74) is 1.08. The summed E-state index contributed by atoms with van der Waals surface area (Å²) in [6.07, 6.45) is 7.96. The van der Waals surface area contributed by atoms with Crippen molar-refractivity contribution in [1.29, 1.82) is 0 Å². The van der Waals surface area contributed by atoms with Crippen LogP contribution < -0.4 is 4.74 Å². The topological polar surface area (TPSA) is 58.2 Å². The number of aryl methyl sites for hydroxylation is 1. The third kappa shape index (κ3) is 3.55. The second-order valence-electron chi connectivity index (χ2n) is 5.88. The van der Waals surface area contributed by atoms with Gasteiger partial charge in [-0.2, -0.15) is 0 Å². The van der Waals surface area contributed by atoms with E-state index in [1.807, 2.05) is 35.4 Å². The molecule has 3 rings (SSSR count). The molecule has 1 atom stereocenters. The van der Waals surface area contributed by atoms with Gasteiger partial charge in [-0.3, -0.25) is 4.79 Å². The summed E-state index contributed by atoms with van der Waals surface area (Å²) in [7, 11) is 1.66. The Bertz CT molecular complexity index is 639. The Labute approximate surface area is 136 Å². The molecular weight excluding hydrogens is 290 g/mol. The van der Waals surface area contributed by atoms with Crippen LogP contribution >= 0.6 is 0 Å². The molecule has 0 spiro atoms. The van der Waals surface area contributed by atoms with Crippen molar-refractivity contribution in [2.45, 2.75) is 38.1 Å². The number of aromatic nitrogens is 2. The first-order chi connectivity index (χ1) is 11.3. The summed E-state index contributed by atoms with van der Waals surface area (Å²) < 4.78 is 5.36. The van der Waals surface area contributed by atoms with Gasteiger partial charge in [-0.05, 0) is 37.3 Å². The van der Waals surface area contributed by atoms with Crippen LogP contribution in [-0.4, -0.2) is 34.4 Å². The maximum Gasteiger partial charge on any atom is 0.223 e. The number of hydrogen-bond donors (Lipinski definition) is 1. The number of rotatable bonds is 5. The average molecular weight is 313 g/mol. The van der Waals surface area contributed by atoms with Crippen molar-refractivity contribution in [2.24, 2.45) is 0 Å². The van der Waals surface area contributed by atoms with E-state index >= 15 is 0 Å². The molecule has 2 aromatic rings. The van der Waals surface area contributed by atoms with E-state index in [1.165, 1.54) is 0 Å². The number of nitrogens with one attached hydrogen (secondary N) is 1. The van der Waals surface area contributed by atoms with Gasteiger partial charge in [0, 0.05) is 25.4 Å². The third-order valence-electron chi connectivity index (χ3n) is 4.46. The van der Waals surface area contributed by atoms with Gasteiger partial charge in [0.25, 0.3) is 0 Å². The van der Waals surface area contributed by atoms with E-state index < -0.39 is 0 Å². The number of ether oxygens (including phenoxy) is 1. The van der Waals surface area contributed by atoms with E-state index in [4.69, 9.17) is 4.74 Å². The Morgan fingerprint density at radius 3 is 3.04 bits per heavy atom. The minimum atomic E-state index is 0.0870. The number of methoxy groups -OCH3 is 1. The molecule has 1 N–H and O–H groups in total. The van der Waals surface area contributed by atoms with Crippen molar-refractivity contribution in [2.75, 3.05) is 13.7 Å². The van der Waals surface area contributed by atoms with Crippen molar-refractivity contribution < 1.29 is 9.53 Å². The molecule has 1 fully saturated rings. The van der Waals surface area contributed by atoms with Gasteiger partial charge >= 0.3 is 0 Å². The zero-order valence-electron chi connectivity index (χ0n) is 13.5. The fourth-order valence-corrected chi connectivity index (χ4v) is 3.27. The first kappa shape index (κ1) is 15.6. The maximum atomic E-state index is 12.7. The number of carbonyl (C=O) groups is 1. The molecule has 1 aliphatic heterocycles. The van der Waals surface area contributed by atoms with Gasteiger partial charge in [0.1, 0.15) is 11.6 Å². The molecule has 1 amide bonds. The Balaban J connectivity index is 1.66. The fraction of sp³-hybridized carbons (Fsp3) is 0.444. The van der Waals surface area contributed by atoms with Crippen molar-refractivity contribution >= 4 is 5.91 Å². The van der Waals surface area contributed by atoms with Crippen molar-refractivity contribution in [1.82, 2.24) is 14.9 Å². The van der Waals surface area contributed by atoms with E-state index in [1.54, 1.807) is 13.3 Å². The zero-order valence-corrected chi connectivity index (χ0v) is 13.5. The summed E-state index contributed by atoms with van der Waals surface area (Å²) in [6.45, 7) is 0.816. The molecular formula is C18H23N3O2. The largest absolute Gasteiger partial charge is 0.496 e. The van der Waals surface area contributed by atoms with Crippen LogP contribution in [0, 0.1) is 0 Å². The summed E-state index contributed by atoms with van der Waals surface area (Å²) in [6, 6.07) is 7.97. The highest BCUT2D eigenvalue weighted by molar-refractivity contribution is 5.77. The number of hydrogen-bond acceptors (Lipinski definition) is 3. The quantitative estimate of drug-likeness (QED) is 0.922. The van der Waals surface area contributed by atoms with E-state index in [2.05, 4.69) is 9.97 Å². The summed E-state index contributed by atoms with van der Waals surface area (Å²) in [5.74, 6) is 1.94. The summed E-state index contributed by atoms with van der Waals surface area (Å²) >= 11 is 0. The first-order valence-corrected chi connectivity index (χ1v) is 8.20. The number of para-hydroxylation sites is 1. The molecule has 0 radical (unpaired) electrons. The molecule has 0 bridgehead atoms. The van der Waals surface area contributed by atoms with Gasteiger partial charge in [0.05, 0.1) is 13.2 Å². The van der Waals surface area contributed by atoms with Gasteiger partial charge in [-0.25, -0.2) is 4.98 Å². The molecule has 1 aliphatic rings. The first-order valence-electron chi connectivity index (χ1n) is 8.20. The van der Waals surface area contributed by atoms with Crippen molar-refractivity contribution in [3.63, 3.8) is 0 Å². The molecule has 1 saturated heterocycles. The lowest BCUT2D eigenvalue weighted by Crippen LogP contribution is -2.39. The van der Waals surface area contributed by atoms with Gasteiger partial charge in [-0.1, -0.05) is 18.2 Å². The number of aromatic amines is 1. The maximum absolute atomic E-state index is 12.7. The molecule has 0 unspecified atom stereocenters. The molecule has 23 heavy (non-hydrogen) atoms. The molecule has 2 heterocycles. The molecule has 5 heteroatoms. The Kier molecular flexibility index (Phi) is 4.95. The number of imidazole rings is 1. The van der Waals surface area contributed by atoms with Gasteiger partial charge in [0.15, 0.2) is 0 Å². The van der Waals surface area contributed by atoms with Gasteiger partial charge in [0.2, 0.25) is 5.91 Å². The van der Waals surface area contributed by atoms with Crippen LogP contribution in [0.3, 0.4) is 0 Å². The second-order valence-corrected chi connectivity index (χ2v) is 5.88. The number of nitrogens with zero attached hydrogens (tertiary/aromatic N) is 2. The van der Waals surface area contributed by atoms with E-state index in [-0.39, 0.29) is 11.9 Å². The van der Waals surface area contributed by atoms with E-state index in [0.717, 1.165) is 42.9 Å². The highest BCUT2D eigenvalue weighted by Gasteiger charge is 2.29. The predicted molar refractivity (Wildman–Crippen MR) is 88.2 cm³/mol. The molecule has 0 saturated carbocycles. The van der Waals surface area contributed by atoms with Crippen LogP contribution in [0.5, 0.6) is 5.75 Å². The lowest BCUT2D eigenvalue weighted by molar-refractivity contribution is -0.135. The van der Waals surface area contributed by atoms with E-state index in [9.17, 15) is 4.79 Å². The number of carbonyl (C=O) groups excluding carboxylic acids is 1. The van der Waals surface area contributed by atoms with Crippen LogP contribution in [-0.2, 0) is 11.2 Å². The average Bonchev–Trinajstić information content (AvgIpc) is 3.14. The highest BCUT2D eigenvalue weighted by atomic mass is 16.5. The van der Waals surface area contributed by atoms with Gasteiger partial charge < -0.3 is 14.6 Å². The molecule has 1 aromatic carbocycles. The third-order valence-corrected chi connectivity index (χ3v) is 4.46. The summed E-state index contributed by atoms with van der Waals surface area (Å²) in [4.78, 5) is 22.2. The van der Waals surface area contributed by atoms with Crippen molar-refractivity contribution in [3.8, 4) is 5.75 Å². The molecule has 122 valence electrons. The SMILES string of the molecule is COc1ccccc1CCC(=O)N1CCCC[C@H]1c1ncc[nH]1. The normalized spacial score (nSPS) is 18.0. The van der Waals surface area contributed by atoms with Crippen LogP contribution in [0.2, 0.25) is 0 Å². The predicted octanol–water partition coefficient (Wildman–Crippen LogP) is 3.10. The number of H-pyrrole nitrogens is 1. The van der Waals surface area contributed by atoms with Gasteiger partial charge in [-0.15, -0.1) is 0 Å². The number of piperidine rings is 1. The minimum Gasteiger partial charge on any atom is -0.496 e. The number of benzene rings is 1. The number of likely N-dealkylation sites (tertiary alicyclic amines) is 1.